The van der Waals surface area contributed by atoms with Gasteiger partial charge in [0, 0.05) is 5.02 Å². The Morgan fingerprint density at radius 1 is 1.00 bits per heavy atom. The molecule has 0 aliphatic heterocycles. The van der Waals surface area contributed by atoms with Crippen molar-refractivity contribution in [2.75, 3.05) is 0 Å². The maximum atomic E-state index is 6.11. The fourth-order valence-corrected chi connectivity index (χ4v) is 1.96. The minimum Gasteiger partial charge on any atom is -0.223 e. The lowest BCUT2D eigenvalue weighted by atomic mass is 10.3. The van der Waals surface area contributed by atoms with Crippen LogP contribution in [0.4, 0.5) is 5.69 Å². The Hall–Kier alpha value is -2.25. The second-order valence-corrected chi connectivity index (χ2v) is 4.53. The predicted octanol–water partition coefficient (Wildman–Crippen LogP) is 2.26. The second kappa shape index (κ2) is 5.40. The van der Waals surface area contributed by atoms with Crippen molar-refractivity contribution in [2.24, 2.45) is 4.99 Å². The molecule has 20 heavy (non-hydrogen) atoms. The first kappa shape index (κ1) is 12.8. The van der Waals surface area contributed by atoms with E-state index in [4.69, 9.17) is 23.2 Å². The zero-order valence-electron chi connectivity index (χ0n) is 9.93. The van der Waals surface area contributed by atoms with Crippen LogP contribution in [-0.4, -0.2) is 35.5 Å². The first-order chi connectivity index (χ1) is 9.74. The molecule has 0 N–H and O–H groups in total. The van der Waals surface area contributed by atoms with Gasteiger partial charge >= 0.3 is 0 Å². The maximum Gasteiger partial charge on any atom is 0.255 e. The van der Waals surface area contributed by atoms with Gasteiger partial charge in [0.05, 0.1) is 10.7 Å². The van der Waals surface area contributed by atoms with Gasteiger partial charge in [-0.15, -0.1) is 0 Å². The molecule has 0 saturated carbocycles. The van der Waals surface area contributed by atoms with Gasteiger partial charge in [-0.1, -0.05) is 23.2 Å². The van der Waals surface area contributed by atoms with Crippen LogP contribution in [0.1, 0.15) is 0 Å². The second-order valence-electron chi connectivity index (χ2n) is 3.69. The van der Waals surface area contributed by atoms with Crippen LogP contribution in [0.5, 0.6) is 0 Å². The highest BCUT2D eigenvalue weighted by Gasteiger charge is 2.09. The van der Waals surface area contributed by atoms with Gasteiger partial charge in [-0.25, -0.2) is 15.0 Å². The van der Waals surface area contributed by atoms with Gasteiger partial charge in [-0.05, 0) is 18.2 Å². The highest BCUT2D eigenvalue weighted by Crippen LogP contribution is 2.28. The van der Waals surface area contributed by atoms with E-state index in [-0.39, 0.29) is 0 Å². The first-order valence-corrected chi connectivity index (χ1v) is 6.23. The summed E-state index contributed by atoms with van der Waals surface area (Å²) in [5.41, 5.74) is 0.539. The molecular weight excluding hydrogens is 301 g/mol. The van der Waals surface area contributed by atoms with E-state index < -0.39 is 0 Å². The first-order valence-electron chi connectivity index (χ1n) is 5.48. The number of rotatable bonds is 1. The monoisotopic (exact) mass is 307 g/mol. The van der Waals surface area contributed by atoms with Gasteiger partial charge in [0.2, 0.25) is 0 Å². The normalized spacial score (nSPS) is 10.5. The third-order valence-corrected chi connectivity index (χ3v) is 2.92. The Bertz CT molecular complexity index is 698. The molecule has 0 aliphatic rings. The number of halogens is 2. The number of benzene rings is 1. The minimum absolute atomic E-state index is 0.393. The number of aromatic nitrogens is 6. The summed E-state index contributed by atoms with van der Waals surface area (Å²) >= 11 is 12.0. The quantitative estimate of drug-likeness (QED) is 0.510. The summed E-state index contributed by atoms with van der Waals surface area (Å²) < 4.78 is 2.92. The molecule has 0 bridgehead atoms. The summed E-state index contributed by atoms with van der Waals surface area (Å²) in [5, 5.41) is 9.03. The Labute approximate surface area is 123 Å². The summed E-state index contributed by atoms with van der Waals surface area (Å²) in [6.07, 6.45) is 5.81. The number of aliphatic imine (C=N–C) groups is 1. The molecule has 0 fully saturated rings. The standard InChI is InChI=1S/C11H7Cl2N7/c12-8-1-2-10(9(13)3-8)18-11(19-6-14-4-16-19)20-7-15-5-17-20/h1-7H. The topological polar surface area (TPSA) is 73.8 Å². The van der Waals surface area contributed by atoms with E-state index in [0.717, 1.165) is 0 Å². The predicted molar refractivity (Wildman–Crippen MR) is 74.4 cm³/mol. The van der Waals surface area contributed by atoms with Gasteiger partial charge in [-0.3, -0.25) is 0 Å². The van der Waals surface area contributed by atoms with Crippen molar-refractivity contribution >= 4 is 34.8 Å². The van der Waals surface area contributed by atoms with Crippen molar-refractivity contribution in [1.29, 1.82) is 0 Å². The summed E-state index contributed by atoms with van der Waals surface area (Å²) in [6, 6.07) is 5.02. The number of nitrogens with zero attached hydrogens (tertiary/aromatic N) is 7. The van der Waals surface area contributed by atoms with Crippen molar-refractivity contribution in [3.63, 3.8) is 0 Å². The molecule has 0 aliphatic carbocycles. The Morgan fingerprint density at radius 3 is 2.15 bits per heavy atom. The smallest absolute Gasteiger partial charge is 0.223 e. The van der Waals surface area contributed by atoms with Crippen LogP contribution >= 0.6 is 23.2 Å². The van der Waals surface area contributed by atoms with Crippen molar-refractivity contribution in [1.82, 2.24) is 29.5 Å². The van der Waals surface area contributed by atoms with Crippen LogP contribution in [0.15, 0.2) is 48.5 Å². The lowest BCUT2D eigenvalue weighted by Gasteiger charge is -2.06. The van der Waals surface area contributed by atoms with E-state index in [2.05, 4.69) is 25.2 Å². The Kier molecular flexibility index (Phi) is 3.44. The van der Waals surface area contributed by atoms with Crippen molar-refractivity contribution in [3.05, 3.63) is 53.6 Å². The molecule has 1 aromatic carbocycles. The fourth-order valence-electron chi connectivity index (χ4n) is 1.51. The van der Waals surface area contributed by atoms with Crippen molar-refractivity contribution in [2.45, 2.75) is 0 Å². The Balaban J connectivity index is 2.12. The van der Waals surface area contributed by atoms with E-state index in [1.807, 2.05) is 0 Å². The molecule has 3 aromatic rings. The van der Waals surface area contributed by atoms with E-state index in [0.29, 0.717) is 21.7 Å². The molecule has 0 amide bonds. The van der Waals surface area contributed by atoms with E-state index in [1.165, 1.54) is 34.7 Å². The molecule has 0 atom stereocenters. The third-order valence-electron chi connectivity index (χ3n) is 2.38. The van der Waals surface area contributed by atoms with Crippen LogP contribution < -0.4 is 0 Å². The van der Waals surface area contributed by atoms with E-state index in [1.54, 1.807) is 18.2 Å². The third kappa shape index (κ3) is 2.54. The largest absolute Gasteiger partial charge is 0.255 e. The van der Waals surface area contributed by atoms with Gasteiger partial charge in [0.1, 0.15) is 25.3 Å². The van der Waals surface area contributed by atoms with Gasteiger partial charge < -0.3 is 0 Å². The van der Waals surface area contributed by atoms with Crippen molar-refractivity contribution in [3.8, 4) is 0 Å². The highest BCUT2D eigenvalue weighted by atomic mass is 35.5. The van der Waals surface area contributed by atoms with Crippen LogP contribution in [0.3, 0.4) is 0 Å². The maximum absolute atomic E-state index is 6.11. The van der Waals surface area contributed by atoms with Crippen molar-refractivity contribution < 1.29 is 0 Å². The fraction of sp³-hybridized carbons (Fsp3) is 0. The molecule has 2 aromatic heterocycles. The van der Waals surface area contributed by atoms with Gasteiger partial charge in [0.25, 0.3) is 5.96 Å². The van der Waals surface area contributed by atoms with Crippen LogP contribution in [0, 0.1) is 0 Å². The highest BCUT2D eigenvalue weighted by molar-refractivity contribution is 6.36. The van der Waals surface area contributed by atoms with Gasteiger partial charge in [0.15, 0.2) is 0 Å². The average Bonchev–Trinajstić information content (AvgIpc) is 3.11. The van der Waals surface area contributed by atoms with E-state index in [9.17, 15) is 0 Å². The SMILES string of the molecule is Clc1ccc(N=C(n2cncn2)n2cncn2)c(Cl)c1. The summed E-state index contributed by atoms with van der Waals surface area (Å²) in [7, 11) is 0. The van der Waals surface area contributed by atoms with Crippen LogP contribution in [0.2, 0.25) is 10.0 Å². The molecule has 0 unspecified atom stereocenters. The number of hydrogen-bond donors (Lipinski definition) is 0. The summed E-state index contributed by atoms with van der Waals surface area (Å²) in [5.74, 6) is 0.393. The zero-order chi connectivity index (χ0) is 13.9. The lowest BCUT2D eigenvalue weighted by Crippen LogP contribution is -2.22. The average molecular weight is 308 g/mol. The molecule has 0 spiro atoms. The van der Waals surface area contributed by atoms with Crippen LogP contribution in [-0.2, 0) is 0 Å². The molecule has 0 saturated heterocycles. The molecule has 0 radical (unpaired) electrons. The van der Waals surface area contributed by atoms with Gasteiger partial charge in [-0.2, -0.15) is 19.6 Å². The van der Waals surface area contributed by atoms with Crippen LogP contribution in [0.25, 0.3) is 0 Å². The molecular formula is C11H7Cl2N7. The molecule has 3 rings (SSSR count). The summed E-state index contributed by atoms with van der Waals surface area (Å²) in [4.78, 5) is 12.2. The lowest BCUT2D eigenvalue weighted by molar-refractivity contribution is 0.814. The summed E-state index contributed by atoms with van der Waals surface area (Å²) in [6.45, 7) is 0. The zero-order valence-corrected chi connectivity index (χ0v) is 11.4. The minimum atomic E-state index is 0.393. The van der Waals surface area contributed by atoms with E-state index >= 15 is 0 Å². The molecule has 9 heteroatoms. The molecule has 100 valence electrons. The Morgan fingerprint density at radius 2 is 1.65 bits per heavy atom. The molecule has 7 nitrogen and oxygen atoms in total. The number of hydrogen-bond acceptors (Lipinski definition) is 5. The molecule has 2 heterocycles.